The molecule has 8 nitrogen and oxygen atoms in total. The fraction of sp³-hybridized carbons (Fsp3) is 0.174. The molecule has 0 aliphatic carbocycles. The number of nitrogens with zero attached hydrogens (tertiary/aromatic N) is 2. The van der Waals surface area contributed by atoms with Crippen molar-refractivity contribution in [1.82, 2.24) is 10.2 Å². The van der Waals surface area contributed by atoms with Crippen LogP contribution in [0.1, 0.15) is 23.6 Å². The molecule has 32 heavy (non-hydrogen) atoms. The van der Waals surface area contributed by atoms with Gasteiger partial charge in [-0.1, -0.05) is 22.0 Å². The van der Waals surface area contributed by atoms with Gasteiger partial charge < -0.3 is 20.5 Å². The SMILES string of the molecule is CCOc1ccc(-c2[nH]nc3c2[C@]2(C(=O)Nc4ccc(C)c(Br)c42)C(C#N)=C(N)O3)cc1. The number of aromatic nitrogens is 2. The van der Waals surface area contributed by atoms with E-state index in [1.54, 1.807) is 0 Å². The number of hydrogen-bond acceptors (Lipinski definition) is 6. The summed E-state index contributed by atoms with van der Waals surface area (Å²) in [7, 11) is 0. The second kappa shape index (κ2) is 7.14. The van der Waals surface area contributed by atoms with Gasteiger partial charge in [-0.15, -0.1) is 5.10 Å². The van der Waals surface area contributed by atoms with E-state index in [9.17, 15) is 10.1 Å². The second-order valence-corrected chi connectivity index (χ2v) is 8.31. The number of carbonyl (C=O) groups is 1. The van der Waals surface area contributed by atoms with Gasteiger partial charge in [0.05, 0.1) is 17.9 Å². The van der Waals surface area contributed by atoms with Crippen molar-refractivity contribution in [3.8, 4) is 29.0 Å². The minimum atomic E-state index is -1.52. The highest BCUT2D eigenvalue weighted by atomic mass is 79.9. The Morgan fingerprint density at radius 1 is 1.25 bits per heavy atom. The summed E-state index contributed by atoms with van der Waals surface area (Å²) in [5.41, 5.74) is 8.50. The summed E-state index contributed by atoms with van der Waals surface area (Å²) in [4.78, 5) is 13.7. The zero-order valence-corrected chi connectivity index (χ0v) is 18.8. The zero-order chi connectivity index (χ0) is 22.6. The van der Waals surface area contributed by atoms with Gasteiger partial charge in [0.15, 0.2) is 0 Å². The van der Waals surface area contributed by atoms with Crippen LogP contribution in [0.4, 0.5) is 5.69 Å². The summed E-state index contributed by atoms with van der Waals surface area (Å²) in [6.07, 6.45) is 0. The Morgan fingerprint density at radius 2 is 2.00 bits per heavy atom. The molecular weight excluding hydrogens is 474 g/mol. The smallest absolute Gasteiger partial charge is 0.245 e. The first-order valence-corrected chi connectivity index (χ1v) is 10.7. The van der Waals surface area contributed by atoms with Crippen LogP contribution in [0.3, 0.4) is 0 Å². The summed E-state index contributed by atoms with van der Waals surface area (Å²) in [5.74, 6) is 0.333. The van der Waals surface area contributed by atoms with Gasteiger partial charge in [-0.2, -0.15) is 5.26 Å². The maximum absolute atomic E-state index is 13.7. The number of halogens is 1. The normalized spacial score (nSPS) is 18.6. The van der Waals surface area contributed by atoms with E-state index in [-0.39, 0.29) is 17.3 Å². The number of anilines is 1. The topological polar surface area (TPSA) is 126 Å². The molecule has 0 bridgehead atoms. The van der Waals surface area contributed by atoms with E-state index in [1.807, 2.05) is 50.2 Å². The highest BCUT2D eigenvalue weighted by Gasteiger charge is 2.59. The van der Waals surface area contributed by atoms with E-state index < -0.39 is 11.3 Å². The lowest BCUT2D eigenvalue weighted by Crippen LogP contribution is -2.42. The lowest BCUT2D eigenvalue weighted by Gasteiger charge is -2.32. The predicted octanol–water partition coefficient (Wildman–Crippen LogP) is 3.87. The van der Waals surface area contributed by atoms with Crippen molar-refractivity contribution in [3.63, 3.8) is 0 Å². The number of hydrogen-bond donors (Lipinski definition) is 3. The summed E-state index contributed by atoms with van der Waals surface area (Å²) < 4.78 is 11.9. The standard InChI is InChI=1S/C23H18BrN5O3/c1-3-31-13-7-5-12(6-8-13)19-17-21(29-28-19)32-20(26)14(10-25)23(17)16-15(27-22(23)30)9-4-11(2)18(16)24/h4-9H,3,26H2,1-2H3,(H,27,30)(H,28,29)/t23-/m0/s1. The quantitative estimate of drug-likeness (QED) is 0.510. The molecule has 2 aliphatic rings. The van der Waals surface area contributed by atoms with E-state index in [4.69, 9.17) is 15.2 Å². The molecule has 0 saturated heterocycles. The maximum Gasteiger partial charge on any atom is 0.245 e. The van der Waals surface area contributed by atoms with Crippen LogP contribution >= 0.6 is 15.9 Å². The van der Waals surface area contributed by atoms with Gasteiger partial charge in [-0.05, 0) is 49.7 Å². The van der Waals surface area contributed by atoms with Crippen LogP contribution < -0.4 is 20.5 Å². The minimum absolute atomic E-state index is 0.0149. The lowest BCUT2D eigenvalue weighted by atomic mass is 9.68. The number of nitrogens with one attached hydrogen (secondary N) is 2. The Morgan fingerprint density at radius 3 is 2.69 bits per heavy atom. The van der Waals surface area contributed by atoms with Gasteiger partial charge in [0, 0.05) is 21.3 Å². The summed E-state index contributed by atoms with van der Waals surface area (Å²) >= 11 is 3.64. The molecule has 160 valence electrons. The average Bonchev–Trinajstić information content (AvgIpc) is 3.32. The van der Waals surface area contributed by atoms with E-state index in [0.29, 0.717) is 33.6 Å². The number of benzene rings is 2. The fourth-order valence-corrected chi connectivity index (χ4v) is 5.05. The van der Waals surface area contributed by atoms with E-state index >= 15 is 0 Å². The molecule has 4 N–H and O–H groups in total. The third-order valence-corrected chi connectivity index (χ3v) is 6.82. The van der Waals surface area contributed by atoms with E-state index in [0.717, 1.165) is 16.9 Å². The van der Waals surface area contributed by atoms with Crippen molar-refractivity contribution < 1.29 is 14.3 Å². The molecule has 2 aliphatic heterocycles. The highest BCUT2D eigenvalue weighted by molar-refractivity contribution is 9.10. The molecule has 0 saturated carbocycles. The Balaban J connectivity index is 1.84. The molecule has 0 radical (unpaired) electrons. The van der Waals surface area contributed by atoms with Crippen LogP contribution in [0.5, 0.6) is 11.6 Å². The number of aryl methyl sites for hydroxylation is 1. The molecule has 0 unspecified atom stereocenters. The first-order chi connectivity index (χ1) is 15.4. The minimum Gasteiger partial charge on any atom is -0.494 e. The molecule has 9 heteroatoms. The molecule has 5 rings (SSSR count). The maximum atomic E-state index is 13.7. The molecular formula is C23H18BrN5O3. The van der Waals surface area contributed by atoms with Crippen molar-refractivity contribution in [2.75, 3.05) is 11.9 Å². The average molecular weight is 492 g/mol. The Bertz CT molecular complexity index is 1350. The molecule has 2 aromatic carbocycles. The lowest BCUT2D eigenvalue weighted by molar-refractivity contribution is -0.118. The Hall–Kier alpha value is -3.77. The molecule has 1 aromatic heterocycles. The number of ether oxygens (including phenoxy) is 2. The van der Waals surface area contributed by atoms with Gasteiger partial charge in [-0.25, -0.2) is 0 Å². The molecule has 1 atom stereocenters. The van der Waals surface area contributed by atoms with Gasteiger partial charge in [0.1, 0.15) is 22.8 Å². The molecule has 1 spiro atoms. The third-order valence-electron chi connectivity index (χ3n) is 5.80. The molecule has 1 amide bonds. The van der Waals surface area contributed by atoms with Gasteiger partial charge >= 0.3 is 0 Å². The van der Waals surface area contributed by atoms with Gasteiger partial charge in [0.2, 0.25) is 17.7 Å². The first-order valence-electron chi connectivity index (χ1n) is 9.94. The van der Waals surface area contributed by atoms with Crippen molar-refractivity contribution in [3.05, 3.63) is 69.0 Å². The number of nitrogens with two attached hydrogens (primary N) is 1. The first kappa shape index (κ1) is 20.2. The Labute approximate surface area is 192 Å². The summed E-state index contributed by atoms with van der Waals surface area (Å²) in [5, 5.41) is 20.3. The second-order valence-electron chi connectivity index (χ2n) is 7.51. The highest BCUT2D eigenvalue weighted by Crippen LogP contribution is 2.57. The van der Waals surface area contributed by atoms with Gasteiger partial charge in [0.25, 0.3) is 0 Å². The van der Waals surface area contributed by atoms with E-state index in [1.165, 1.54) is 0 Å². The van der Waals surface area contributed by atoms with Crippen LogP contribution in [-0.2, 0) is 10.2 Å². The van der Waals surface area contributed by atoms with E-state index in [2.05, 4.69) is 37.5 Å². The van der Waals surface area contributed by atoms with Crippen LogP contribution in [0.2, 0.25) is 0 Å². The summed E-state index contributed by atoms with van der Waals surface area (Å²) in [6.45, 7) is 4.38. The van der Waals surface area contributed by atoms with Crippen LogP contribution in [0.15, 0.2) is 52.3 Å². The summed E-state index contributed by atoms with van der Waals surface area (Å²) in [6, 6.07) is 13.2. The number of H-pyrrole nitrogens is 1. The van der Waals surface area contributed by atoms with Crippen LogP contribution in [0.25, 0.3) is 11.3 Å². The van der Waals surface area contributed by atoms with Crippen molar-refractivity contribution >= 4 is 27.5 Å². The predicted molar refractivity (Wildman–Crippen MR) is 121 cm³/mol. The Kier molecular flexibility index (Phi) is 4.50. The molecule has 3 aromatic rings. The third kappa shape index (κ3) is 2.53. The van der Waals surface area contributed by atoms with Crippen LogP contribution in [0, 0.1) is 18.3 Å². The number of rotatable bonds is 3. The van der Waals surface area contributed by atoms with Crippen molar-refractivity contribution in [2.24, 2.45) is 5.73 Å². The number of nitriles is 1. The number of carbonyl (C=O) groups excluding carboxylic acids is 1. The van der Waals surface area contributed by atoms with Crippen LogP contribution in [-0.4, -0.2) is 22.7 Å². The van der Waals surface area contributed by atoms with Crippen molar-refractivity contribution in [2.45, 2.75) is 19.3 Å². The number of fused-ring (bicyclic) bond motifs is 4. The number of amides is 1. The van der Waals surface area contributed by atoms with Gasteiger partial charge in [-0.3, -0.25) is 9.89 Å². The molecule has 3 heterocycles. The molecule has 0 fully saturated rings. The fourth-order valence-electron chi connectivity index (χ4n) is 4.40. The monoisotopic (exact) mass is 491 g/mol. The largest absolute Gasteiger partial charge is 0.494 e. The zero-order valence-electron chi connectivity index (χ0n) is 17.2. The van der Waals surface area contributed by atoms with Crippen molar-refractivity contribution in [1.29, 1.82) is 5.26 Å². The number of aromatic amines is 1.